The molecule has 2 N–H and O–H groups in total. The van der Waals surface area contributed by atoms with E-state index in [0.29, 0.717) is 28.1 Å². The fourth-order valence-electron chi connectivity index (χ4n) is 2.72. The smallest absolute Gasteiger partial charge is 0.262 e. The van der Waals surface area contributed by atoms with Crippen molar-refractivity contribution in [2.24, 2.45) is 0 Å². The largest absolute Gasteiger partial charge is 0.496 e. The van der Waals surface area contributed by atoms with Crippen LogP contribution in [0.4, 0.5) is 5.69 Å². The van der Waals surface area contributed by atoms with Gasteiger partial charge in [-0.15, -0.1) is 0 Å². The number of nitrogens with one attached hydrogen (secondary N) is 1. The Morgan fingerprint density at radius 2 is 1.71 bits per heavy atom. The summed E-state index contributed by atoms with van der Waals surface area (Å²) < 4.78 is 33.8. The molecule has 0 radical (unpaired) electrons. The van der Waals surface area contributed by atoms with Crippen LogP contribution in [0.3, 0.4) is 0 Å². The summed E-state index contributed by atoms with van der Waals surface area (Å²) in [5.74, 6) is 0.669. The average Bonchev–Trinajstić information content (AvgIpc) is 2.52. The Balaban J connectivity index is 2.55. The first kappa shape index (κ1) is 18.3. The number of hydrogen-bond donors (Lipinski definition) is 2. The van der Waals surface area contributed by atoms with E-state index in [-0.39, 0.29) is 11.5 Å². The van der Waals surface area contributed by atoms with Gasteiger partial charge in [0.05, 0.1) is 24.3 Å². The van der Waals surface area contributed by atoms with Gasteiger partial charge < -0.3 is 9.84 Å². The van der Waals surface area contributed by atoms with Gasteiger partial charge in [0.2, 0.25) is 0 Å². The fraction of sp³-hybridized carbons (Fsp3) is 0.333. The van der Waals surface area contributed by atoms with E-state index in [4.69, 9.17) is 4.74 Å². The Hall–Kier alpha value is -2.05. The second kappa shape index (κ2) is 6.83. The van der Waals surface area contributed by atoms with Gasteiger partial charge in [0.1, 0.15) is 5.75 Å². The van der Waals surface area contributed by atoms with Crippen molar-refractivity contribution in [3.8, 4) is 5.75 Å². The van der Waals surface area contributed by atoms with Crippen LogP contribution in [0.2, 0.25) is 0 Å². The van der Waals surface area contributed by atoms with Gasteiger partial charge in [-0.2, -0.15) is 0 Å². The molecular weight excluding hydrogens is 326 g/mol. The molecule has 5 nitrogen and oxygen atoms in total. The number of methoxy groups -OCH3 is 1. The molecule has 0 aromatic heterocycles. The molecule has 2 rings (SSSR count). The molecule has 24 heavy (non-hydrogen) atoms. The molecule has 0 amide bonds. The molecule has 0 saturated carbocycles. The Morgan fingerprint density at radius 3 is 2.29 bits per heavy atom. The summed E-state index contributed by atoms with van der Waals surface area (Å²) in [6.45, 7) is 7.04. The number of rotatable bonds is 5. The van der Waals surface area contributed by atoms with Crippen molar-refractivity contribution >= 4 is 15.7 Å². The third-order valence-corrected chi connectivity index (χ3v) is 5.85. The summed E-state index contributed by atoms with van der Waals surface area (Å²) in [5.41, 5.74) is 3.99. The van der Waals surface area contributed by atoms with E-state index in [1.807, 2.05) is 13.8 Å². The highest BCUT2D eigenvalue weighted by Crippen LogP contribution is 2.32. The average molecular weight is 349 g/mol. The lowest BCUT2D eigenvalue weighted by molar-refractivity contribution is 0.282. The standard InChI is InChI=1S/C18H23NO4S/c1-11-6-7-15(10-20)9-16(11)19-24(21,22)18-12(2)8-17(23-5)13(3)14(18)4/h6-9,19-20H,10H2,1-5H3. The molecule has 0 aliphatic carbocycles. The van der Waals surface area contributed by atoms with Crippen molar-refractivity contribution in [3.05, 3.63) is 52.1 Å². The van der Waals surface area contributed by atoms with Gasteiger partial charge in [0, 0.05) is 0 Å². The first-order valence-electron chi connectivity index (χ1n) is 7.59. The number of aliphatic hydroxyl groups is 1. The monoisotopic (exact) mass is 349 g/mol. The third kappa shape index (κ3) is 3.39. The molecule has 0 fully saturated rings. The van der Waals surface area contributed by atoms with Crippen molar-refractivity contribution in [2.75, 3.05) is 11.8 Å². The highest BCUT2D eigenvalue weighted by Gasteiger charge is 2.23. The van der Waals surface area contributed by atoms with E-state index in [2.05, 4.69) is 4.72 Å². The molecule has 0 atom stereocenters. The Labute approximate surface area is 143 Å². The molecule has 0 saturated heterocycles. The minimum atomic E-state index is -3.76. The zero-order valence-corrected chi connectivity index (χ0v) is 15.4. The summed E-state index contributed by atoms with van der Waals surface area (Å²) >= 11 is 0. The van der Waals surface area contributed by atoms with Crippen LogP contribution in [0.5, 0.6) is 5.75 Å². The molecule has 0 unspecified atom stereocenters. The van der Waals surface area contributed by atoms with Crippen molar-refractivity contribution < 1.29 is 18.3 Å². The summed E-state index contributed by atoms with van der Waals surface area (Å²) in [7, 11) is -2.19. The molecule has 0 aliphatic rings. The lowest BCUT2D eigenvalue weighted by atomic mass is 10.1. The maximum absolute atomic E-state index is 12.9. The highest BCUT2D eigenvalue weighted by atomic mass is 32.2. The number of aliphatic hydroxyl groups excluding tert-OH is 1. The maximum atomic E-state index is 12.9. The number of sulfonamides is 1. The predicted molar refractivity (Wildman–Crippen MR) is 95.1 cm³/mol. The number of anilines is 1. The van der Waals surface area contributed by atoms with Crippen LogP contribution in [0, 0.1) is 27.7 Å². The van der Waals surface area contributed by atoms with E-state index in [9.17, 15) is 13.5 Å². The zero-order valence-electron chi connectivity index (χ0n) is 14.6. The van der Waals surface area contributed by atoms with Gasteiger partial charge in [-0.25, -0.2) is 8.42 Å². The summed E-state index contributed by atoms with van der Waals surface area (Å²) in [4.78, 5) is 0.259. The molecule has 0 heterocycles. The first-order valence-corrected chi connectivity index (χ1v) is 9.07. The van der Waals surface area contributed by atoms with Crippen molar-refractivity contribution in [2.45, 2.75) is 39.2 Å². The molecular formula is C18H23NO4S. The lowest BCUT2D eigenvalue weighted by Crippen LogP contribution is -2.17. The van der Waals surface area contributed by atoms with Gasteiger partial charge in [-0.05, 0) is 67.6 Å². The highest BCUT2D eigenvalue weighted by molar-refractivity contribution is 7.92. The van der Waals surface area contributed by atoms with Gasteiger partial charge in [-0.3, -0.25) is 4.72 Å². The number of hydrogen-bond acceptors (Lipinski definition) is 4. The number of aryl methyl sites for hydroxylation is 2. The Morgan fingerprint density at radius 1 is 1.04 bits per heavy atom. The lowest BCUT2D eigenvalue weighted by Gasteiger charge is -2.18. The summed E-state index contributed by atoms with van der Waals surface area (Å²) in [6, 6.07) is 6.92. The molecule has 0 spiro atoms. The first-order chi connectivity index (χ1) is 11.2. The van der Waals surface area contributed by atoms with E-state index >= 15 is 0 Å². The van der Waals surface area contributed by atoms with Crippen LogP contribution in [0.25, 0.3) is 0 Å². The molecule has 0 bridgehead atoms. The summed E-state index contributed by atoms with van der Waals surface area (Å²) in [5, 5.41) is 9.26. The molecule has 6 heteroatoms. The minimum absolute atomic E-state index is 0.144. The topological polar surface area (TPSA) is 75.6 Å². The predicted octanol–water partition coefficient (Wildman–Crippen LogP) is 3.22. The Bertz CT molecular complexity index is 873. The molecule has 2 aromatic carbocycles. The van der Waals surface area contributed by atoms with Crippen LogP contribution < -0.4 is 9.46 Å². The quantitative estimate of drug-likeness (QED) is 0.869. The number of benzene rings is 2. The third-order valence-electron chi connectivity index (χ3n) is 4.20. The van der Waals surface area contributed by atoms with Crippen LogP contribution in [0.1, 0.15) is 27.8 Å². The van der Waals surface area contributed by atoms with E-state index in [1.54, 1.807) is 45.2 Å². The number of ether oxygens (including phenoxy) is 1. The van der Waals surface area contributed by atoms with E-state index in [0.717, 1.165) is 11.1 Å². The maximum Gasteiger partial charge on any atom is 0.262 e. The van der Waals surface area contributed by atoms with Crippen molar-refractivity contribution in [3.63, 3.8) is 0 Å². The van der Waals surface area contributed by atoms with Crippen molar-refractivity contribution in [1.82, 2.24) is 0 Å². The molecule has 2 aromatic rings. The van der Waals surface area contributed by atoms with E-state index < -0.39 is 10.0 Å². The molecule has 130 valence electrons. The summed E-state index contributed by atoms with van der Waals surface area (Å²) in [6.07, 6.45) is 0. The zero-order chi connectivity index (χ0) is 18.1. The van der Waals surface area contributed by atoms with Crippen molar-refractivity contribution in [1.29, 1.82) is 0 Å². The van der Waals surface area contributed by atoms with Gasteiger partial charge in [-0.1, -0.05) is 12.1 Å². The van der Waals surface area contributed by atoms with Crippen LogP contribution in [-0.4, -0.2) is 20.6 Å². The molecule has 0 aliphatic heterocycles. The fourth-order valence-corrected chi connectivity index (χ4v) is 4.37. The normalized spacial score (nSPS) is 11.4. The van der Waals surface area contributed by atoms with Crippen LogP contribution in [0.15, 0.2) is 29.2 Å². The van der Waals surface area contributed by atoms with Gasteiger partial charge in [0.15, 0.2) is 0 Å². The Kier molecular flexibility index (Phi) is 5.20. The minimum Gasteiger partial charge on any atom is -0.496 e. The SMILES string of the molecule is COc1cc(C)c(S(=O)(=O)Nc2cc(CO)ccc2C)c(C)c1C. The van der Waals surface area contributed by atoms with Crippen LogP contribution in [-0.2, 0) is 16.6 Å². The second-order valence-electron chi connectivity index (χ2n) is 5.89. The van der Waals surface area contributed by atoms with Crippen LogP contribution >= 0.6 is 0 Å². The van der Waals surface area contributed by atoms with E-state index in [1.165, 1.54) is 0 Å². The second-order valence-corrected chi connectivity index (χ2v) is 7.51. The van der Waals surface area contributed by atoms with Gasteiger partial charge >= 0.3 is 0 Å². The van der Waals surface area contributed by atoms with Gasteiger partial charge in [0.25, 0.3) is 10.0 Å².